The minimum absolute atomic E-state index is 0.231. The van der Waals surface area contributed by atoms with Crippen molar-refractivity contribution in [2.75, 3.05) is 0 Å². The van der Waals surface area contributed by atoms with Crippen LogP contribution in [0.5, 0.6) is 0 Å². The molecule has 0 N–H and O–H groups in total. The number of hydrogen-bond donors (Lipinski definition) is 0. The second kappa shape index (κ2) is 3.91. The Labute approximate surface area is 84.0 Å². The van der Waals surface area contributed by atoms with Gasteiger partial charge in [0.25, 0.3) is 0 Å². The molecule has 0 heterocycles. The Morgan fingerprint density at radius 1 is 1.15 bits per heavy atom. The molecule has 0 unspecified atom stereocenters. The first kappa shape index (κ1) is 8.73. The second-order valence-corrected chi connectivity index (χ2v) is 5.29. The summed E-state index contributed by atoms with van der Waals surface area (Å²) in [4.78, 5) is 11.3. The van der Waals surface area contributed by atoms with E-state index in [1.807, 2.05) is 18.2 Å². The monoisotopic (exact) mass is 238 g/mol. The summed E-state index contributed by atoms with van der Waals surface area (Å²) in [7, 11) is 0. The van der Waals surface area contributed by atoms with Gasteiger partial charge < -0.3 is 0 Å². The molecule has 13 heavy (non-hydrogen) atoms. The topological polar surface area (TPSA) is 17.1 Å². The summed E-state index contributed by atoms with van der Waals surface area (Å²) < 4.78 is 2.34. The van der Waals surface area contributed by atoms with E-state index in [1.54, 1.807) is 0 Å². The Morgan fingerprint density at radius 2 is 1.92 bits per heavy atom. The Hall–Kier alpha value is -0.851. The van der Waals surface area contributed by atoms with Gasteiger partial charge >= 0.3 is 83.7 Å². The van der Waals surface area contributed by atoms with Crippen LogP contribution in [-0.4, -0.2) is 20.7 Å². The van der Waals surface area contributed by atoms with E-state index in [4.69, 9.17) is 0 Å². The number of ketones is 1. The molecule has 0 aromatic heterocycles. The number of hydrogen-bond acceptors (Lipinski definition) is 1. The molecule has 2 heteroatoms. The van der Waals surface area contributed by atoms with Crippen molar-refractivity contribution in [1.29, 1.82) is 0 Å². The molecule has 0 saturated carbocycles. The molecule has 0 radical (unpaired) electrons. The van der Waals surface area contributed by atoms with Gasteiger partial charge in [-0.2, -0.15) is 0 Å². The molecule has 0 saturated heterocycles. The molecule has 0 bridgehead atoms. The first-order valence-electron chi connectivity index (χ1n) is 4.32. The fourth-order valence-corrected chi connectivity index (χ4v) is 3.31. The molecule has 0 aliphatic heterocycles. The van der Waals surface area contributed by atoms with Gasteiger partial charge in [0.1, 0.15) is 0 Å². The molecule has 0 atom stereocenters. The number of benzene rings is 1. The zero-order chi connectivity index (χ0) is 9.10. The molecule has 1 aliphatic carbocycles. The Bertz CT molecular complexity index is 340. The van der Waals surface area contributed by atoms with Gasteiger partial charge in [0.05, 0.1) is 0 Å². The van der Waals surface area contributed by atoms with Crippen molar-refractivity contribution in [2.45, 2.75) is 12.8 Å². The number of carbonyl (C=O) groups is 1. The molecular formula is C11H10OSe. The molecule has 1 nitrogen and oxygen atoms in total. The van der Waals surface area contributed by atoms with Gasteiger partial charge in [0.2, 0.25) is 0 Å². The fraction of sp³-hybridized carbons (Fsp3) is 0.182. The van der Waals surface area contributed by atoms with E-state index in [2.05, 4.69) is 18.2 Å². The Morgan fingerprint density at radius 3 is 2.54 bits per heavy atom. The third-order valence-corrected chi connectivity index (χ3v) is 4.30. The maximum absolute atomic E-state index is 11.3. The van der Waals surface area contributed by atoms with Crippen molar-refractivity contribution >= 4 is 25.2 Å². The summed E-state index contributed by atoms with van der Waals surface area (Å²) in [6, 6.07) is 10.2. The normalized spacial score (nSPS) is 16.0. The van der Waals surface area contributed by atoms with Crippen LogP contribution in [0.2, 0.25) is 0 Å². The first-order chi connectivity index (χ1) is 6.36. The van der Waals surface area contributed by atoms with Crippen molar-refractivity contribution in [1.82, 2.24) is 0 Å². The molecule has 1 aromatic carbocycles. The summed E-state index contributed by atoms with van der Waals surface area (Å²) in [6.45, 7) is 0. The van der Waals surface area contributed by atoms with Gasteiger partial charge in [0.15, 0.2) is 0 Å². The Kier molecular flexibility index (Phi) is 2.62. The van der Waals surface area contributed by atoms with Gasteiger partial charge in [-0.1, -0.05) is 0 Å². The average Bonchev–Trinajstić information content (AvgIpc) is 2.54. The van der Waals surface area contributed by atoms with Gasteiger partial charge in [-0.05, 0) is 0 Å². The van der Waals surface area contributed by atoms with E-state index in [1.165, 1.54) is 4.46 Å². The summed E-state index contributed by atoms with van der Waals surface area (Å²) in [5.74, 6) is 0.351. The van der Waals surface area contributed by atoms with Crippen LogP contribution >= 0.6 is 0 Å². The number of rotatable bonds is 2. The summed E-state index contributed by atoms with van der Waals surface area (Å²) >= 11 is 0.231. The zero-order valence-corrected chi connectivity index (χ0v) is 8.91. The van der Waals surface area contributed by atoms with Crippen LogP contribution in [0, 0.1) is 0 Å². The second-order valence-electron chi connectivity index (χ2n) is 2.95. The molecule has 1 aliphatic rings. The van der Waals surface area contributed by atoms with Crippen molar-refractivity contribution < 1.29 is 4.79 Å². The van der Waals surface area contributed by atoms with Crippen LogP contribution in [0.4, 0.5) is 0 Å². The van der Waals surface area contributed by atoms with E-state index >= 15 is 0 Å². The van der Waals surface area contributed by atoms with E-state index in [9.17, 15) is 4.79 Å². The van der Waals surface area contributed by atoms with E-state index in [0.717, 1.165) is 17.3 Å². The number of allylic oxidation sites excluding steroid dienone is 2. The number of carbonyl (C=O) groups excluding carboxylic acids is 1. The van der Waals surface area contributed by atoms with Crippen LogP contribution in [0.3, 0.4) is 0 Å². The predicted molar refractivity (Wildman–Crippen MR) is 54.2 cm³/mol. The molecule has 0 spiro atoms. The van der Waals surface area contributed by atoms with Crippen LogP contribution in [-0.2, 0) is 4.79 Å². The quantitative estimate of drug-likeness (QED) is 0.708. The van der Waals surface area contributed by atoms with Crippen LogP contribution < -0.4 is 4.46 Å². The van der Waals surface area contributed by atoms with Crippen LogP contribution in [0.1, 0.15) is 12.8 Å². The predicted octanol–water partition coefficient (Wildman–Crippen LogP) is 1.26. The van der Waals surface area contributed by atoms with E-state index in [-0.39, 0.29) is 15.0 Å². The molecule has 1 aromatic rings. The van der Waals surface area contributed by atoms with E-state index in [0.29, 0.717) is 5.78 Å². The third kappa shape index (κ3) is 2.09. The zero-order valence-electron chi connectivity index (χ0n) is 7.19. The molecule has 0 fully saturated rings. The fourth-order valence-electron chi connectivity index (χ4n) is 1.29. The summed E-state index contributed by atoms with van der Waals surface area (Å²) in [5, 5.41) is 0. The van der Waals surface area contributed by atoms with Gasteiger partial charge in [-0.3, -0.25) is 0 Å². The maximum atomic E-state index is 11.3. The standard InChI is InChI=1S/C11H10OSe/c12-10-7-4-8-11(10)13-9-5-2-1-3-6-9/h1-3,5-6,8H,4,7H2. The van der Waals surface area contributed by atoms with Gasteiger partial charge in [-0.25, -0.2) is 0 Å². The molecule has 0 amide bonds. The van der Waals surface area contributed by atoms with Crippen molar-refractivity contribution in [3.63, 3.8) is 0 Å². The van der Waals surface area contributed by atoms with Crippen molar-refractivity contribution in [2.24, 2.45) is 0 Å². The van der Waals surface area contributed by atoms with E-state index < -0.39 is 0 Å². The molecule has 66 valence electrons. The summed E-state index contributed by atoms with van der Waals surface area (Å²) in [6.07, 6.45) is 3.77. The molecule has 2 rings (SSSR count). The van der Waals surface area contributed by atoms with Gasteiger partial charge in [0, 0.05) is 0 Å². The van der Waals surface area contributed by atoms with Crippen LogP contribution in [0.15, 0.2) is 40.9 Å². The third-order valence-electron chi connectivity index (χ3n) is 1.95. The average molecular weight is 237 g/mol. The van der Waals surface area contributed by atoms with Crippen LogP contribution in [0.25, 0.3) is 0 Å². The molecular weight excluding hydrogens is 227 g/mol. The SMILES string of the molecule is O=C1CCC=C1[Se]c1ccccc1. The Balaban J connectivity index is 2.11. The van der Waals surface area contributed by atoms with Crippen molar-refractivity contribution in [3.8, 4) is 0 Å². The number of Topliss-reactive ketones (excluding diaryl/α,β-unsaturated/α-hetero) is 1. The van der Waals surface area contributed by atoms with Crippen molar-refractivity contribution in [3.05, 3.63) is 40.9 Å². The first-order valence-corrected chi connectivity index (χ1v) is 6.04. The summed E-state index contributed by atoms with van der Waals surface area (Å²) in [5.41, 5.74) is 0. The van der Waals surface area contributed by atoms with Gasteiger partial charge in [-0.15, -0.1) is 0 Å². The minimum atomic E-state index is 0.231.